The van der Waals surface area contributed by atoms with Crippen molar-refractivity contribution in [3.63, 3.8) is 0 Å². The van der Waals surface area contributed by atoms with Crippen LogP contribution < -0.4 is 0 Å². The zero-order valence-electron chi connectivity index (χ0n) is 9.48. The third-order valence-electron chi connectivity index (χ3n) is 3.04. The Morgan fingerprint density at radius 1 is 1.38 bits per heavy atom. The molecule has 0 fully saturated rings. The normalized spacial score (nSPS) is 23.3. The van der Waals surface area contributed by atoms with Gasteiger partial charge in [-0.15, -0.1) is 0 Å². The molecule has 2 nitrogen and oxygen atoms in total. The van der Waals surface area contributed by atoms with Crippen molar-refractivity contribution in [2.75, 3.05) is 6.61 Å². The van der Waals surface area contributed by atoms with Crippen molar-refractivity contribution in [1.29, 1.82) is 0 Å². The maximum atomic E-state index is 12.1. The van der Waals surface area contributed by atoms with Crippen LogP contribution >= 0.6 is 0 Å². The second-order valence-electron chi connectivity index (χ2n) is 4.00. The average molecular weight is 216 g/mol. The van der Waals surface area contributed by atoms with Gasteiger partial charge in [0.25, 0.3) is 0 Å². The van der Waals surface area contributed by atoms with Gasteiger partial charge < -0.3 is 4.74 Å². The molecule has 16 heavy (non-hydrogen) atoms. The molecule has 1 unspecified atom stereocenters. The van der Waals surface area contributed by atoms with Crippen LogP contribution in [0.5, 0.6) is 0 Å². The third kappa shape index (κ3) is 1.75. The summed E-state index contributed by atoms with van der Waals surface area (Å²) in [5, 5.41) is 0. The third-order valence-corrected chi connectivity index (χ3v) is 3.04. The van der Waals surface area contributed by atoms with Gasteiger partial charge in [0.05, 0.1) is 6.61 Å². The zero-order chi connectivity index (χ0) is 11.4. The highest BCUT2D eigenvalue weighted by Crippen LogP contribution is 2.37. The first-order valence-corrected chi connectivity index (χ1v) is 5.70. The molecule has 0 saturated heterocycles. The van der Waals surface area contributed by atoms with Gasteiger partial charge in [0.1, 0.15) is 5.41 Å². The Balaban J connectivity index is 2.37. The Morgan fingerprint density at radius 2 is 2.12 bits per heavy atom. The van der Waals surface area contributed by atoms with Gasteiger partial charge in [0.2, 0.25) is 0 Å². The molecule has 0 aromatic heterocycles. The summed E-state index contributed by atoms with van der Waals surface area (Å²) in [6.07, 6.45) is 5.80. The Labute approximate surface area is 95.9 Å². The van der Waals surface area contributed by atoms with E-state index in [0.29, 0.717) is 6.61 Å². The molecule has 0 aliphatic heterocycles. The van der Waals surface area contributed by atoms with Crippen LogP contribution in [0.2, 0.25) is 0 Å². The Hall–Kier alpha value is -1.57. The Bertz CT molecular complexity index is 394. The minimum Gasteiger partial charge on any atom is -0.465 e. The van der Waals surface area contributed by atoms with E-state index in [4.69, 9.17) is 4.74 Å². The van der Waals surface area contributed by atoms with E-state index in [-0.39, 0.29) is 5.97 Å². The fourth-order valence-corrected chi connectivity index (χ4v) is 2.20. The SMILES string of the molecule is CCOC(=O)C1(c2ccccc2)C=CCC1. The van der Waals surface area contributed by atoms with Gasteiger partial charge in [-0.3, -0.25) is 4.79 Å². The summed E-state index contributed by atoms with van der Waals surface area (Å²) in [5.41, 5.74) is 0.485. The van der Waals surface area contributed by atoms with Crippen LogP contribution in [0, 0.1) is 0 Å². The minimum atomic E-state index is -0.544. The molecule has 0 saturated carbocycles. The van der Waals surface area contributed by atoms with Crippen molar-refractivity contribution in [3.05, 3.63) is 48.0 Å². The minimum absolute atomic E-state index is 0.130. The second kappa shape index (κ2) is 4.52. The molecule has 0 bridgehead atoms. The number of ether oxygens (including phenoxy) is 1. The summed E-state index contributed by atoms with van der Waals surface area (Å²) in [6, 6.07) is 9.87. The molecular weight excluding hydrogens is 200 g/mol. The van der Waals surface area contributed by atoms with Gasteiger partial charge in [-0.2, -0.15) is 0 Å². The summed E-state index contributed by atoms with van der Waals surface area (Å²) in [4.78, 5) is 12.1. The molecule has 1 aromatic rings. The van der Waals surface area contributed by atoms with Crippen LogP contribution in [0.15, 0.2) is 42.5 Å². The molecule has 1 aliphatic carbocycles. The van der Waals surface area contributed by atoms with Crippen LogP contribution in [0.1, 0.15) is 25.3 Å². The fraction of sp³-hybridized carbons (Fsp3) is 0.357. The van der Waals surface area contributed by atoms with Gasteiger partial charge in [-0.05, 0) is 25.3 Å². The molecule has 1 aromatic carbocycles. The quantitative estimate of drug-likeness (QED) is 0.573. The lowest BCUT2D eigenvalue weighted by molar-refractivity contribution is -0.148. The van der Waals surface area contributed by atoms with Crippen molar-refractivity contribution in [1.82, 2.24) is 0 Å². The van der Waals surface area contributed by atoms with Crippen LogP contribution in [0.25, 0.3) is 0 Å². The molecule has 84 valence electrons. The van der Waals surface area contributed by atoms with E-state index in [1.165, 1.54) is 0 Å². The van der Waals surface area contributed by atoms with E-state index in [1.54, 1.807) is 0 Å². The molecule has 0 spiro atoms. The summed E-state index contributed by atoms with van der Waals surface area (Å²) >= 11 is 0. The highest BCUT2D eigenvalue weighted by Gasteiger charge is 2.40. The van der Waals surface area contributed by atoms with Crippen molar-refractivity contribution < 1.29 is 9.53 Å². The lowest BCUT2D eigenvalue weighted by atomic mass is 9.80. The van der Waals surface area contributed by atoms with E-state index in [2.05, 4.69) is 6.08 Å². The van der Waals surface area contributed by atoms with E-state index >= 15 is 0 Å². The molecule has 1 aliphatic rings. The maximum absolute atomic E-state index is 12.1. The summed E-state index contributed by atoms with van der Waals surface area (Å²) in [6.45, 7) is 2.27. The van der Waals surface area contributed by atoms with Gasteiger partial charge in [0.15, 0.2) is 0 Å². The fourth-order valence-electron chi connectivity index (χ4n) is 2.20. The van der Waals surface area contributed by atoms with E-state index in [0.717, 1.165) is 18.4 Å². The molecule has 2 heteroatoms. The number of carbonyl (C=O) groups is 1. The first-order valence-electron chi connectivity index (χ1n) is 5.70. The number of benzene rings is 1. The van der Waals surface area contributed by atoms with Gasteiger partial charge in [-0.25, -0.2) is 0 Å². The predicted octanol–water partition coefficient (Wildman–Crippen LogP) is 2.84. The van der Waals surface area contributed by atoms with Gasteiger partial charge in [-0.1, -0.05) is 42.5 Å². The number of allylic oxidation sites excluding steroid dienone is 1. The van der Waals surface area contributed by atoms with Crippen molar-refractivity contribution >= 4 is 5.97 Å². The first kappa shape index (κ1) is 10.9. The molecule has 0 radical (unpaired) electrons. The van der Waals surface area contributed by atoms with Crippen molar-refractivity contribution in [2.24, 2.45) is 0 Å². The number of rotatable bonds is 3. The maximum Gasteiger partial charge on any atom is 0.320 e. The monoisotopic (exact) mass is 216 g/mol. The largest absolute Gasteiger partial charge is 0.465 e. The smallest absolute Gasteiger partial charge is 0.320 e. The average Bonchev–Trinajstić information content (AvgIpc) is 2.81. The lowest BCUT2D eigenvalue weighted by Crippen LogP contribution is -2.33. The molecule has 1 atom stereocenters. The van der Waals surface area contributed by atoms with Crippen molar-refractivity contribution in [3.8, 4) is 0 Å². The van der Waals surface area contributed by atoms with Crippen LogP contribution in [0.4, 0.5) is 0 Å². The summed E-state index contributed by atoms with van der Waals surface area (Å²) < 4.78 is 5.19. The zero-order valence-corrected chi connectivity index (χ0v) is 9.48. The van der Waals surface area contributed by atoms with Gasteiger partial charge >= 0.3 is 5.97 Å². The number of hydrogen-bond donors (Lipinski definition) is 0. The van der Waals surface area contributed by atoms with Crippen molar-refractivity contribution in [2.45, 2.75) is 25.2 Å². The van der Waals surface area contributed by atoms with E-state index in [9.17, 15) is 4.79 Å². The Morgan fingerprint density at radius 3 is 2.69 bits per heavy atom. The van der Waals surface area contributed by atoms with Gasteiger partial charge in [0, 0.05) is 0 Å². The summed E-state index contributed by atoms with van der Waals surface area (Å²) in [7, 11) is 0. The topological polar surface area (TPSA) is 26.3 Å². The number of esters is 1. The highest BCUT2D eigenvalue weighted by atomic mass is 16.5. The molecule has 0 amide bonds. The molecule has 0 N–H and O–H groups in total. The van der Waals surface area contributed by atoms with Crippen LogP contribution in [0.3, 0.4) is 0 Å². The van der Waals surface area contributed by atoms with E-state index < -0.39 is 5.41 Å². The molecule has 2 rings (SSSR count). The Kier molecular flexibility index (Phi) is 3.09. The first-order chi connectivity index (χ1) is 7.79. The van der Waals surface area contributed by atoms with E-state index in [1.807, 2.05) is 43.3 Å². The second-order valence-corrected chi connectivity index (χ2v) is 4.00. The standard InChI is InChI=1S/C14H16O2/c1-2-16-13(15)14(10-6-7-11-14)12-8-4-3-5-9-12/h3-6,8-10H,2,7,11H2,1H3. The molecule has 0 heterocycles. The highest BCUT2D eigenvalue weighted by molar-refractivity contribution is 5.86. The number of carbonyl (C=O) groups excluding carboxylic acids is 1. The predicted molar refractivity (Wildman–Crippen MR) is 63.1 cm³/mol. The van der Waals surface area contributed by atoms with Crippen LogP contribution in [-0.2, 0) is 14.9 Å². The lowest BCUT2D eigenvalue weighted by Gasteiger charge is -2.25. The van der Waals surface area contributed by atoms with Crippen LogP contribution in [-0.4, -0.2) is 12.6 Å². The molecular formula is C14H16O2. The number of hydrogen-bond acceptors (Lipinski definition) is 2. The summed E-state index contributed by atoms with van der Waals surface area (Å²) in [5.74, 6) is -0.130.